The summed E-state index contributed by atoms with van der Waals surface area (Å²) in [6.07, 6.45) is 4.33. The Morgan fingerprint density at radius 1 is 1.35 bits per heavy atom. The Kier molecular flexibility index (Phi) is 4.63. The van der Waals surface area contributed by atoms with Gasteiger partial charge >= 0.3 is 0 Å². The fraction of sp³-hybridized carbons (Fsp3) is 0.750. The first-order valence-electron chi connectivity index (χ1n) is 8.51. The molecular weight excluding hydrogens is 296 g/mol. The highest BCUT2D eigenvalue weighted by Gasteiger charge is 2.37. The third kappa shape index (κ3) is 3.54. The highest BCUT2D eigenvalue weighted by Crippen LogP contribution is 2.38. The van der Waals surface area contributed by atoms with Gasteiger partial charge < -0.3 is 14.6 Å². The lowest BCUT2D eigenvalue weighted by Gasteiger charge is -2.26. The average Bonchev–Trinajstić information content (AvgIpc) is 3.17. The summed E-state index contributed by atoms with van der Waals surface area (Å²) < 4.78 is 5.52. The van der Waals surface area contributed by atoms with Crippen LogP contribution in [0.3, 0.4) is 0 Å². The van der Waals surface area contributed by atoms with Gasteiger partial charge in [-0.3, -0.25) is 9.59 Å². The van der Waals surface area contributed by atoms with Crippen LogP contribution in [0.15, 0.2) is 4.42 Å². The number of carbonyl (C=O) groups is 2. The number of amides is 2. The van der Waals surface area contributed by atoms with E-state index in [9.17, 15) is 9.59 Å². The minimum absolute atomic E-state index is 0.0765. The lowest BCUT2D eigenvalue weighted by Crippen LogP contribution is -2.37. The SMILES string of the molecule is CCC(CC)N1CC(C(=O)NCc2nnc(C3CC3)o2)CC1=O. The molecule has 1 saturated carbocycles. The van der Waals surface area contributed by atoms with E-state index in [2.05, 4.69) is 29.4 Å². The van der Waals surface area contributed by atoms with Gasteiger partial charge in [0, 0.05) is 24.9 Å². The summed E-state index contributed by atoms with van der Waals surface area (Å²) in [6.45, 7) is 4.88. The van der Waals surface area contributed by atoms with Crippen molar-refractivity contribution < 1.29 is 14.0 Å². The lowest BCUT2D eigenvalue weighted by atomic mass is 10.1. The largest absolute Gasteiger partial charge is 0.423 e. The van der Waals surface area contributed by atoms with Crippen LogP contribution in [-0.4, -0.2) is 39.5 Å². The maximum Gasteiger partial charge on any atom is 0.235 e. The first kappa shape index (κ1) is 16.0. The summed E-state index contributed by atoms with van der Waals surface area (Å²) in [7, 11) is 0. The van der Waals surface area contributed by atoms with Crippen molar-refractivity contribution in [1.82, 2.24) is 20.4 Å². The van der Waals surface area contributed by atoms with Crippen molar-refractivity contribution in [2.24, 2.45) is 5.92 Å². The van der Waals surface area contributed by atoms with Crippen LogP contribution in [-0.2, 0) is 16.1 Å². The maximum absolute atomic E-state index is 12.3. The van der Waals surface area contributed by atoms with Crippen molar-refractivity contribution in [1.29, 1.82) is 0 Å². The molecule has 7 nitrogen and oxygen atoms in total. The van der Waals surface area contributed by atoms with Crippen molar-refractivity contribution >= 4 is 11.8 Å². The minimum Gasteiger partial charge on any atom is -0.423 e. The third-order valence-corrected chi connectivity index (χ3v) is 4.74. The van der Waals surface area contributed by atoms with Gasteiger partial charge in [-0.05, 0) is 25.7 Å². The molecule has 0 spiro atoms. The van der Waals surface area contributed by atoms with E-state index >= 15 is 0 Å². The van der Waals surface area contributed by atoms with E-state index in [1.165, 1.54) is 0 Å². The number of likely N-dealkylation sites (tertiary alicyclic amines) is 1. The first-order chi connectivity index (χ1) is 11.1. The highest BCUT2D eigenvalue weighted by atomic mass is 16.4. The van der Waals surface area contributed by atoms with Crippen LogP contribution in [0.25, 0.3) is 0 Å². The standard InChI is InChI=1S/C16H24N4O3/c1-3-12(4-2)20-9-11(7-14(20)21)15(22)17-8-13-18-19-16(23-13)10-5-6-10/h10-12H,3-9H2,1-2H3,(H,17,22). The Morgan fingerprint density at radius 2 is 2.09 bits per heavy atom. The number of rotatable bonds is 7. The Bertz CT molecular complexity index is 578. The van der Waals surface area contributed by atoms with Crippen molar-refractivity contribution in [3.63, 3.8) is 0 Å². The molecule has 1 unspecified atom stereocenters. The Morgan fingerprint density at radius 3 is 2.74 bits per heavy atom. The van der Waals surface area contributed by atoms with Crippen LogP contribution >= 0.6 is 0 Å². The normalized spacial score (nSPS) is 21.3. The summed E-state index contributed by atoms with van der Waals surface area (Å²) in [4.78, 5) is 26.2. The van der Waals surface area contributed by atoms with Gasteiger partial charge in [-0.2, -0.15) is 0 Å². The molecule has 3 rings (SSSR count). The molecule has 1 saturated heterocycles. The van der Waals surface area contributed by atoms with E-state index in [0.29, 0.717) is 30.7 Å². The van der Waals surface area contributed by atoms with Gasteiger partial charge in [0.05, 0.1) is 12.5 Å². The van der Waals surface area contributed by atoms with Crippen LogP contribution < -0.4 is 5.32 Å². The van der Waals surface area contributed by atoms with Crippen LogP contribution in [0.2, 0.25) is 0 Å². The van der Waals surface area contributed by atoms with Gasteiger partial charge in [0.15, 0.2) is 0 Å². The molecule has 2 aliphatic rings. The summed E-state index contributed by atoms with van der Waals surface area (Å²) in [5.74, 6) is 1.19. The number of nitrogens with one attached hydrogen (secondary N) is 1. The van der Waals surface area contributed by atoms with Gasteiger partial charge in [-0.25, -0.2) is 0 Å². The number of hydrogen-bond acceptors (Lipinski definition) is 5. The van der Waals surface area contributed by atoms with E-state index in [1.54, 1.807) is 0 Å². The van der Waals surface area contributed by atoms with Crippen LogP contribution in [0.5, 0.6) is 0 Å². The molecule has 2 heterocycles. The van der Waals surface area contributed by atoms with Crippen molar-refractivity contribution in [2.75, 3.05) is 6.54 Å². The summed E-state index contributed by atoms with van der Waals surface area (Å²) >= 11 is 0. The molecule has 1 aliphatic carbocycles. The predicted octanol–water partition coefficient (Wildman–Crippen LogP) is 1.60. The molecule has 1 atom stereocenters. The molecule has 1 aliphatic heterocycles. The zero-order valence-corrected chi connectivity index (χ0v) is 13.7. The van der Waals surface area contributed by atoms with Crippen molar-refractivity contribution in [3.8, 4) is 0 Å². The van der Waals surface area contributed by atoms with Gasteiger partial charge in [-0.15, -0.1) is 10.2 Å². The number of hydrogen-bond donors (Lipinski definition) is 1. The number of nitrogens with zero attached hydrogens (tertiary/aromatic N) is 3. The smallest absolute Gasteiger partial charge is 0.235 e. The molecule has 1 aromatic rings. The quantitative estimate of drug-likeness (QED) is 0.824. The van der Waals surface area contributed by atoms with E-state index in [1.807, 2.05) is 4.90 Å². The Balaban J connectivity index is 1.51. The molecule has 2 amide bonds. The molecule has 1 N–H and O–H groups in total. The van der Waals surface area contributed by atoms with E-state index in [0.717, 1.165) is 25.7 Å². The summed E-state index contributed by atoms with van der Waals surface area (Å²) in [5.41, 5.74) is 0. The van der Waals surface area contributed by atoms with Crippen molar-refractivity contribution in [2.45, 2.75) is 64.5 Å². The highest BCUT2D eigenvalue weighted by molar-refractivity contribution is 5.89. The zero-order valence-electron chi connectivity index (χ0n) is 13.7. The Labute approximate surface area is 135 Å². The van der Waals surface area contributed by atoms with Crippen LogP contribution in [0.1, 0.15) is 63.7 Å². The lowest BCUT2D eigenvalue weighted by molar-refractivity contribution is -0.130. The van der Waals surface area contributed by atoms with Gasteiger partial charge in [0.25, 0.3) is 0 Å². The van der Waals surface area contributed by atoms with Crippen LogP contribution in [0.4, 0.5) is 0 Å². The van der Waals surface area contributed by atoms with Gasteiger partial charge in [0.1, 0.15) is 0 Å². The molecule has 7 heteroatoms. The summed E-state index contributed by atoms with van der Waals surface area (Å²) in [5, 5.41) is 10.8. The van der Waals surface area contributed by atoms with Crippen molar-refractivity contribution in [3.05, 3.63) is 11.8 Å². The predicted molar refractivity (Wildman–Crippen MR) is 82.3 cm³/mol. The number of carbonyl (C=O) groups excluding carboxylic acids is 2. The van der Waals surface area contributed by atoms with Crippen LogP contribution in [0, 0.1) is 5.92 Å². The number of aromatic nitrogens is 2. The maximum atomic E-state index is 12.3. The second-order valence-corrected chi connectivity index (χ2v) is 6.44. The molecule has 1 aromatic heterocycles. The fourth-order valence-corrected chi connectivity index (χ4v) is 3.13. The molecule has 0 aromatic carbocycles. The van der Waals surface area contributed by atoms with Gasteiger partial charge in [-0.1, -0.05) is 13.8 Å². The monoisotopic (exact) mass is 320 g/mol. The van der Waals surface area contributed by atoms with E-state index in [-0.39, 0.29) is 30.3 Å². The molecule has 2 fully saturated rings. The zero-order chi connectivity index (χ0) is 16.4. The average molecular weight is 320 g/mol. The third-order valence-electron chi connectivity index (χ3n) is 4.74. The fourth-order valence-electron chi connectivity index (χ4n) is 3.13. The van der Waals surface area contributed by atoms with E-state index < -0.39 is 0 Å². The minimum atomic E-state index is -0.283. The van der Waals surface area contributed by atoms with Gasteiger partial charge in [0.2, 0.25) is 23.6 Å². The van der Waals surface area contributed by atoms with E-state index in [4.69, 9.17) is 4.42 Å². The molecular formula is C16H24N4O3. The molecule has 23 heavy (non-hydrogen) atoms. The summed E-state index contributed by atoms with van der Waals surface area (Å²) in [6, 6.07) is 0.234. The second kappa shape index (κ2) is 6.68. The topological polar surface area (TPSA) is 88.3 Å². The molecule has 0 radical (unpaired) electrons. The molecule has 0 bridgehead atoms. The first-order valence-corrected chi connectivity index (χ1v) is 8.51. The molecule has 126 valence electrons. The Hall–Kier alpha value is -1.92. The second-order valence-electron chi connectivity index (χ2n) is 6.44.